The van der Waals surface area contributed by atoms with Gasteiger partial charge in [-0.05, 0) is 45.9 Å². The number of halogens is 1. The first kappa shape index (κ1) is 16.3. The predicted octanol–water partition coefficient (Wildman–Crippen LogP) is 3.17. The van der Waals surface area contributed by atoms with Gasteiger partial charge in [0.05, 0.1) is 12.6 Å². The Morgan fingerprint density at radius 2 is 2.14 bits per heavy atom. The molecule has 1 heterocycles. The second kappa shape index (κ2) is 6.36. The molecule has 2 atom stereocenters. The van der Waals surface area contributed by atoms with Gasteiger partial charge in [0.1, 0.15) is 5.75 Å². The van der Waals surface area contributed by atoms with Crippen molar-refractivity contribution in [2.45, 2.75) is 51.7 Å². The highest BCUT2D eigenvalue weighted by Gasteiger charge is 2.26. The van der Waals surface area contributed by atoms with Gasteiger partial charge in [-0.3, -0.25) is 10.1 Å². The van der Waals surface area contributed by atoms with E-state index in [4.69, 9.17) is 4.74 Å². The molecular formula is C16H23BrN2O2. The fraction of sp³-hybridized carbons (Fsp3) is 0.562. The minimum absolute atomic E-state index is 0.0190. The molecule has 0 aromatic heterocycles. The molecule has 1 aromatic rings. The van der Waals surface area contributed by atoms with E-state index in [0.717, 1.165) is 22.2 Å². The van der Waals surface area contributed by atoms with Gasteiger partial charge < -0.3 is 10.1 Å². The highest BCUT2D eigenvalue weighted by Crippen LogP contribution is 2.34. The zero-order chi connectivity index (χ0) is 15.6. The second-order valence-corrected chi connectivity index (χ2v) is 7.42. The van der Waals surface area contributed by atoms with Crippen LogP contribution in [0.4, 0.5) is 0 Å². The molecule has 1 aromatic carbocycles. The lowest BCUT2D eigenvalue weighted by Crippen LogP contribution is -2.50. The van der Waals surface area contributed by atoms with E-state index in [-0.39, 0.29) is 23.5 Å². The van der Waals surface area contributed by atoms with E-state index in [9.17, 15) is 4.79 Å². The largest absolute Gasteiger partial charge is 0.493 e. The number of ether oxygens (including phenoxy) is 1. The molecule has 0 saturated heterocycles. The fourth-order valence-electron chi connectivity index (χ4n) is 2.39. The van der Waals surface area contributed by atoms with E-state index < -0.39 is 0 Å². The first-order chi connectivity index (χ1) is 9.76. The number of carbonyl (C=O) groups is 1. The molecule has 0 spiro atoms. The third-order valence-electron chi connectivity index (χ3n) is 3.35. The minimum atomic E-state index is -0.251. The van der Waals surface area contributed by atoms with Crippen LogP contribution in [0.15, 0.2) is 22.7 Å². The Hall–Kier alpha value is -1.07. The summed E-state index contributed by atoms with van der Waals surface area (Å²) >= 11 is 3.49. The minimum Gasteiger partial charge on any atom is -0.493 e. The van der Waals surface area contributed by atoms with E-state index in [1.54, 1.807) is 0 Å². The Bertz CT molecular complexity index is 525. The number of rotatable bonds is 3. The lowest BCUT2D eigenvalue weighted by atomic mass is 9.99. The van der Waals surface area contributed by atoms with Crippen molar-refractivity contribution < 1.29 is 9.53 Å². The summed E-state index contributed by atoms with van der Waals surface area (Å²) in [5.41, 5.74) is 0.884. The van der Waals surface area contributed by atoms with E-state index in [2.05, 4.69) is 32.6 Å². The maximum Gasteiger partial charge on any atom is 0.237 e. The topological polar surface area (TPSA) is 50.4 Å². The molecule has 21 heavy (non-hydrogen) atoms. The maximum atomic E-state index is 12.2. The molecule has 0 aliphatic carbocycles. The molecule has 5 heteroatoms. The van der Waals surface area contributed by atoms with Crippen molar-refractivity contribution in [1.29, 1.82) is 0 Å². The first-order valence-electron chi connectivity index (χ1n) is 7.26. The first-order valence-corrected chi connectivity index (χ1v) is 8.06. The molecule has 116 valence electrons. The van der Waals surface area contributed by atoms with Crippen molar-refractivity contribution in [2.75, 3.05) is 6.61 Å². The number of hydrogen-bond donors (Lipinski definition) is 2. The highest BCUT2D eigenvalue weighted by atomic mass is 79.9. The third kappa shape index (κ3) is 4.45. The quantitative estimate of drug-likeness (QED) is 0.876. The number of hydrogen-bond acceptors (Lipinski definition) is 3. The Morgan fingerprint density at radius 3 is 2.81 bits per heavy atom. The van der Waals surface area contributed by atoms with Crippen LogP contribution in [0.5, 0.6) is 5.75 Å². The van der Waals surface area contributed by atoms with E-state index in [1.165, 1.54) is 0 Å². The Morgan fingerprint density at radius 1 is 1.43 bits per heavy atom. The van der Waals surface area contributed by atoms with Crippen LogP contribution in [0.3, 0.4) is 0 Å². The number of carbonyl (C=O) groups excluding carboxylic acids is 1. The summed E-state index contributed by atoms with van der Waals surface area (Å²) in [4.78, 5) is 12.2. The predicted molar refractivity (Wildman–Crippen MR) is 87.5 cm³/mol. The van der Waals surface area contributed by atoms with Crippen LogP contribution in [0.25, 0.3) is 0 Å². The standard InChI is InChI=1S/C16H23BrN2O2/c1-10(15(20)19-16(2,3)4)18-13-7-8-21-14-6-5-11(17)9-12(13)14/h5-6,9-10,13,18H,7-8H2,1-4H3,(H,19,20). The number of fused-ring (bicyclic) bond motifs is 1. The van der Waals surface area contributed by atoms with E-state index >= 15 is 0 Å². The summed E-state index contributed by atoms with van der Waals surface area (Å²) in [5.74, 6) is 0.913. The SMILES string of the molecule is CC(NC1CCOc2ccc(Br)cc21)C(=O)NC(C)(C)C. The molecule has 0 radical (unpaired) electrons. The van der Waals surface area contributed by atoms with Crippen LogP contribution < -0.4 is 15.4 Å². The van der Waals surface area contributed by atoms with Crippen LogP contribution in [0.1, 0.15) is 45.7 Å². The zero-order valence-corrected chi connectivity index (χ0v) is 14.6. The van der Waals surface area contributed by atoms with Crippen LogP contribution in [0, 0.1) is 0 Å². The van der Waals surface area contributed by atoms with Gasteiger partial charge in [0.2, 0.25) is 5.91 Å². The van der Waals surface area contributed by atoms with Crippen molar-refractivity contribution >= 4 is 21.8 Å². The average Bonchev–Trinajstić information content (AvgIpc) is 2.37. The maximum absolute atomic E-state index is 12.2. The monoisotopic (exact) mass is 354 g/mol. The van der Waals surface area contributed by atoms with Gasteiger partial charge >= 0.3 is 0 Å². The van der Waals surface area contributed by atoms with Crippen molar-refractivity contribution in [3.63, 3.8) is 0 Å². The fourth-order valence-corrected chi connectivity index (χ4v) is 2.77. The van der Waals surface area contributed by atoms with E-state index in [1.807, 2.05) is 39.8 Å². The second-order valence-electron chi connectivity index (χ2n) is 6.50. The van der Waals surface area contributed by atoms with Crippen LogP contribution in [-0.2, 0) is 4.79 Å². The van der Waals surface area contributed by atoms with Crippen molar-refractivity contribution in [3.8, 4) is 5.75 Å². The lowest BCUT2D eigenvalue weighted by molar-refractivity contribution is -0.124. The van der Waals surface area contributed by atoms with Gasteiger partial charge in [0, 0.05) is 28.0 Å². The Balaban J connectivity index is 2.07. The van der Waals surface area contributed by atoms with Crippen LogP contribution >= 0.6 is 15.9 Å². The van der Waals surface area contributed by atoms with Gasteiger partial charge in [0.15, 0.2) is 0 Å². The molecule has 2 N–H and O–H groups in total. The normalized spacial score (nSPS) is 19.4. The van der Waals surface area contributed by atoms with Gasteiger partial charge in [-0.2, -0.15) is 0 Å². The lowest BCUT2D eigenvalue weighted by Gasteiger charge is -2.30. The van der Waals surface area contributed by atoms with Gasteiger partial charge in [-0.1, -0.05) is 15.9 Å². The summed E-state index contributed by atoms with van der Waals surface area (Å²) in [6, 6.07) is 5.87. The molecule has 2 rings (SSSR count). The molecule has 1 aliphatic rings. The highest BCUT2D eigenvalue weighted by molar-refractivity contribution is 9.10. The van der Waals surface area contributed by atoms with Crippen molar-refractivity contribution in [3.05, 3.63) is 28.2 Å². The van der Waals surface area contributed by atoms with E-state index in [0.29, 0.717) is 6.61 Å². The molecule has 2 unspecified atom stereocenters. The summed E-state index contributed by atoms with van der Waals surface area (Å²) in [7, 11) is 0. The molecule has 0 saturated carbocycles. The van der Waals surface area contributed by atoms with Crippen LogP contribution in [-0.4, -0.2) is 24.1 Å². The molecule has 0 fully saturated rings. The van der Waals surface area contributed by atoms with Gasteiger partial charge in [0.25, 0.3) is 0 Å². The van der Waals surface area contributed by atoms with Gasteiger partial charge in [-0.15, -0.1) is 0 Å². The van der Waals surface area contributed by atoms with Crippen LogP contribution in [0.2, 0.25) is 0 Å². The number of nitrogens with one attached hydrogen (secondary N) is 2. The Labute approximate surface area is 134 Å². The molecule has 0 bridgehead atoms. The third-order valence-corrected chi connectivity index (χ3v) is 3.85. The average molecular weight is 355 g/mol. The zero-order valence-electron chi connectivity index (χ0n) is 13.0. The molecule has 1 aliphatic heterocycles. The summed E-state index contributed by atoms with van der Waals surface area (Å²) < 4.78 is 6.69. The van der Waals surface area contributed by atoms with Crippen molar-refractivity contribution in [2.24, 2.45) is 0 Å². The molecule has 4 nitrogen and oxygen atoms in total. The summed E-state index contributed by atoms with van der Waals surface area (Å²) in [5, 5.41) is 6.41. The van der Waals surface area contributed by atoms with Crippen molar-refractivity contribution in [1.82, 2.24) is 10.6 Å². The summed E-state index contributed by atoms with van der Waals surface area (Å²) in [6.45, 7) is 8.52. The Kier molecular flexibility index (Phi) is 4.94. The molecular weight excluding hydrogens is 332 g/mol. The number of benzene rings is 1. The van der Waals surface area contributed by atoms with Gasteiger partial charge in [-0.25, -0.2) is 0 Å². The molecule has 1 amide bonds. The summed E-state index contributed by atoms with van der Waals surface area (Å²) in [6.07, 6.45) is 0.858. The smallest absolute Gasteiger partial charge is 0.237 e. The number of amides is 1.